The molecule has 0 aliphatic heterocycles. The molecule has 0 aromatic heterocycles. The van der Waals surface area contributed by atoms with Crippen LogP contribution in [0.4, 0.5) is 0 Å². The zero-order valence-corrected chi connectivity index (χ0v) is 14.5. The van der Waals surface area contributed by atoms with E-state index in [9.17, 15) is 0 Å². The maximum absolute atomic E-state index is 6.33. The third-order valence-electron chi connectivity index (χ3n) is 4.43. The van der Waals surface area contributed by atoms with E-state index in [-0.39, 0.29) is 6.04 Å². The van der Waals surface area contributed by atoms with Gasteiger partial charge in [-0.2, -0.15) is 0 Å². The van der Waals surface area contributed by atoms with Gasteiger partial charge in [0.2, 0.25) is 0 Å². The number of rotatable bonds is 5. The fraction of sp³-hybridized carbons (Fsp3) is 0.143. The van der Waals surface area contributed by atoms with E-state index >= 15 is 0 Å². The first-order valence-electron chi connectivity index (χ1n) is 8.15. The predicted molar refractivity (Wildman–Crippen MR) is 105 cm³/mol. The van der Waals surface area contributed by atoms with Gasteiger partial charge in [0.25, 0.3) is 0 Å². The van der Waals surface area contributed by atoms with Gasteiger partial charge in [0, 0.05) is 0 Å². The molecule has 3 aromatic rings. The molecule has 0 fully saturated rings. The van der Waals surface area contributed by atoms with E-state index in [2.05, 4.69) is 97.9 Å². The van der Waals surface area contributed by atoms with Crippen LogP contribution in [0, 0.1) is 0 Å². The molecule has 0 saturated heterocycles. The molecular formula is C21H24NP. The third kappa shape index (κ3) is 3.22. The molecule has 0 radical (unpaired) electrons. The summed E-state index contributed by atoms with van der Waals surface area (Å²) in [6.45, 7) is 2.12. The fourth-order valence-corrected chi connectivity index (χ4v) is 8.46. The van der Waals surface area contributed by atoms with Crippen LogP contribution in [0.25, 0.3) is 0 Å². The van der Waals surface area contributed by atoms with E-state index in [1.807, 2.05) is 0 Å². The topological polar surface area (TPSA) is 26.0 Å². The molecule has 2 N–H and O–H groups in total. The monoisotopic (exact) mass is 321 g/mol. The van der Waals surface area contributed by atoms with Gasteiger partial charge < -0.3 is 0 Å². The van der Waals surface area contributed by atoms with Gasteiger partial charge in [-0.15, -0.1) is 0 Å². The molecule has 1 nitrogen and oxygen atoms in total. The van der Waals surface area contributed by atoms with Gasteiger partial charge in [-0.3, -0.25) is 0 Å². The Morgan fingerprint density at radius 3 is 1.22 bits per heavy atom. The number of hydrogen-bond donors (Lipinski definition) is 1. The normalized spacial score (nSPS) is 13.5. The molecule has 23 heavy (non-hydrogen) atoms. The van der Waals surface area contributed by atoms with Gasteiger partial charge in [-0.05, 0) is 0 Å². The van der Waals surface area contributed by atoms with Gasteiger partial charge in [0.15, 0.2) is 0 Å². The Bertz CT molecular complexity index is 627. The summed E-state index contributed by atoms with van der Waals surface area (Å²) in [6.07, 6.45) is 1.00. The first-order valence-corrected chi connectivity index (χ1v) is 10.4. The Balaban J connectivity index is 2.30. The minimum absolute atomic E-state index is 0.155. The van der Waals surface area contributed by atoms with Crippen molar-refractivity contribution in [3.8, 4) is 0 Å². The quantitative estimate of drug-likeness (QED) is 0.718. The van der Waals surface area contributed by atoms with Crippen molar-refractivity contribution in [1.82, 2.24) is 0 Å². The molecular weight excluding hydrogens is 297 g/mol. The minimum atomic E-state index is -2.11. The zero-order valence-electron chi connectivity index (χ0n) is 13.5. The summed E-state index contributed by atoms with van der Waals surface area (Å²) in [5, 5.41) is 4.28. The van der Waals surface area contributed by atoms with Crippen LogP contribution >= 0.6 is 7.26 Å². The Kier molecular flexibility index (Phi) is 4.91. The first kappa shape index (κ1) is 15.9. The van der Waals surface area contributed by atoms with Crippen molar-refractivity contribution in [3.05, 3.63) is 91.0 Å². The van der Waals surface area contributed by atoms with E-state index in [1.54, 1.807) is 0 Å². The van der Waals surface area contributed by atoms with Crippen LogP contribution in [0.2, 0.25) is 0 Å². The summed E-state index contributed by atoms with van der Waals surface area (Å²) >= 11 is 0. The second-order valence-electron chi connectivity index (χ2n) is 6.18. The summed E-state index contributed by atoms with van der Waals surface area (Å²) in [7, 11) is -2.11. The number of benzene rings is 3. The van der Waals surface area contributed by atoms with Crippen LogP contribution in [-0.2, 0) is 0 Å². The van der Waals surface area contributed by atoms with E-state index in [4.69, 9.17) is 5.73 Å². The molecule has 118 valence electrons. The van der Waals surface area contributed by atoms with Crippen LogP contribution in [0.5, 0.6) is 0 Å². The van der Waals surface area contributed by atoms with Crippen molar-refractivity contribution in [2.75, 3.05) is 6.16 Å². The molecule has 2 heteroatoms. The molecule has 0 spiro atoms. The summed E-state index contributed by atoms with van der Waals surface area (Å²) in [6, 6.07) is 32.9. The van der Waals surface area contributed by atoms with Crippen LogP contribution in [-0.4, -0.2) is 12.2 Å². The number of hydrogen-bond acceptors (Lipinski definition) is 1. The number of nitrogens with two attached hydrogens (primary N) is 1. The van der Waals surface area contributed by atoms with Gasteiger partial charge in [0.05, 0.1) is 0 Å². The summed E-state index contributed by atoms with van der Waals surface area (Å²) in [5.74, 6) is 0. The standard InChI is InChI=1S/C21H24NP/c1-18(22)17-23(19-11-5-2-6-12-19,20-13-7-3-8-14-20)21-15-9-4-10-16-21/h2-16,18,23H,17,22H2,1H3. The molecule has 0 saturated carbocycles. The first-order chi connectivity index (χ1) is 11.2. The Labute approximate surface area is 139 Å². The Morgan fingerprint density at radius 1 is 0.652 bits per heavy atom. The fourth-order valence-electron chi connectivity index (χ4n) is 3.50. The second-order valence-corrected chi connectivity index (χ2v) is 10.1. The van der Waals surface area contributed by atoms with Crippen LogP contribution < -0.4 is 21.6 Å². The molecule has 1 atom stereocenters. The van der Waals surface area contributed by atoms with Crippen molar-refractivity contribution >= 4 is 23.2 Å². The van der Waals surface area contributed by atoms with Crippen LogP contribution in [0.1, 0.15) is 6.92 Å². The third-order valence-corrected chi connectivity index (χ3v) is 9.64. The Hall–Kier alpha value is -1.95. The van der Waals surface area contributed by atoms with Crippen molar-refractivity contribution in [1.29, 1.82) is 0 Å². The molecule has 0 aliphatic carbocycles. The predicted octanol–water partition coefficient (Wildman–Crippen LogP) is 3.06. The van der Waals surface area contributed by atoms with Gasteiger partial charge in [0.1, 0.15) is 0 Å². The molecule has 0 aliphatic rings. The van der Waals surface area contributed by atoms with Gasteiger partial charge in [-0.25, -0.2) is 0 Å². The second kappa shape index (κ2) is 7.08. The van der Waals surface area contributed by atoms with Crippen LogP contribution in [0.3, 0.4) is 0 Å². The summed E-state index contributed by atoms with van der Waals surface area (Å²) < 4.78 is 0. The average molecular weight is 321 g/mol. The molecule has 0 bridgehead atoms. The van der Waals surface area contributed by atoms with Crippen LogP contribution in [0.15, 0.2) is 91.0 Å². The van der Waals surface area contributed by atoms with Gasteiger partial charge in [-0.1, -0.05) is 0 Å². The zero-order chi connectivity index (χ0) is 16.1. The van der Waals surface area contributed by atoms with E-state index < -0.39 is 7.26 Å². The average Bonchev–Trinajstić information content (AvgIpc) is 2.62. The van der Waals surface area contributed by atoms with Crippen molar-refractivity contribution in [2.45, 2.75) is 13.0 Å². The summed E-state index contributed by atoms with van der Waals surface area (Å²) in [5.41, 5.74) is 6.33. The molecule has 3 aromatic carbocycles. The molecule has 3 rings (SSSR count). The maximum atomic E-state index is 6.33. The SMILES string of the molecule is CC(N)C[PH](c1ccccc1)(c1ccccc1)c1ccccc1. The summed E-state index contributed by atoms with van der Waals surface area (Å²) in [4.78, 5) is 0. The van der Waals surface area contributed by atoms with E-state index in [1.165, 1.54) is 15.9 Å². The van der Waals surface area contributed by atoms with Crippen molar-refractivity contribution in [3.63, 3.8) is 0 Å². The Morgan fingerprint density at radius 2 is 0.957 bits per heavy atom. The molecule has 0 heterocycles. The van der Waals surface area contributed by atoms with Crippen molar-refractivity contribution < 1.29 is 0 Å². The molecule has 1 unspecified atom stereocenters. The van der Waals surface area contributed by atoms with E-state index in [0.717, 1.165) is 6.16 Å². The molecule has 0 amide bonds. The van der Waals surface area contributed by atoms with Crippen molar-refractivity contribution in [2.24, 2.45) is 5.73 Å². The van der Waals surface area contributed by atoms with E-state index in [0.29, 0.717) is 0 Å². The van der Waals surface area contributed by atoms with Gasteiger partial charge >= 0.3 is 139 Å².